The van der Waals surface area contributed by atoms with E-state index in [2.05, 4.69) is 4.85 Å². The summed E-state index contributed by atoms with van der Waals surface area (Å²) in [6.07, 6.45) is 0. The Morgan fingerprint density at radius 2 is 1.90 bits per heavy atom. The summed E-state index contributed by atoms with van der Waals surface area (Å²) in [5.74, 6) is -1.87. The lowest BCUT2D eigenvalue weighted by molar-refractivity contribution is -0.667. The van der Waals surface area contributed by atoms with Gasteiger partial charge in [-0.1, -0.05) is 37.5 Å². The molecule has 4 rings (SSSR count). The first-order valence-corrected chi connectivity index (χ1v) is 9.57. The van der Waals surface area contributed by atoms with E-state index >= 15 is 0 Å². The molecule has 1 unspecified atom stereocenters. The first-order valence-electron chi connectivity index (χ1n) is 12.1. The third-order valence-corrected chi connectivity index (χ3v) is 5.69. The van der Waals surface area contributed by atoms with Gasteiger partial charge in [0.05, 0.1) is 13.5 Å². The molecule has 2 heterocycles. The van der Waals surface area contributed by atoms with Crippen LogP contribution < -0.4 is 4.57 Å². The standard InChI is InChI=1S/C26H27N2O/c1-14(2)23-17(5)13-22(28(8)18(23)6)24-16(4)9-10-19-20-11-15(3)12-21(27-7)25(20)29-26(19)24/h9-14H,1-6,8H3/q+1/i1D3,13D,14D. The molecule has 0 aliphatic heterocycles. The van der Waals surface area contributed by atoms with Gasteiger partial charge in [-0.15, -0.1) is 0 Å². The largest absolute Gasteiger partial charge is 0.466 e. The topological polar surface area (TPSA) is 21.4 Å². The number of fused-ring (bicyclic) bond motifs is 3. The Hall–Kier alpha value is -3.12. The Kier molecular flexibility index (Phi) is 3.24. The van der Waals surface area contributed by atoms with Crippen molar-refractivity contribution >= 4 is 27.6 Å². The second-order valence-electron chi connectivity index (χ2n) is 7.75. The maximum absolute atomic E-state index is 9.04. The summed E-state index contributed by atoms with van der Waals surface area (Å²) in [5.41, 5.74) is 6.13. The van der Waals surface area contributed by atoms with Gasteiger partial charge < -0.3 is 4.42 Å². The normalized spacial score (nSPS) is 16.5. The molecule has 146 valence electrons. The third kappa shape index (κ3) is 2.83. The minimum atomic E-state index is -2.55. The molecule has 0 radical (unpaired) electrons. The van der Waals surface area contributed by atoms with Crippen LogP contribution in [0.5, 0.6) is 0 Å². The second-order valence-corrected chi connectivity index (χ2v) is 7.75. The molecule has 0 spiro atoms. The summed E-state index contributed by atoms with van der Waals surface area (Å²) in [6, 6.07) is 7.90. The molecule has 1 atom stereocenters. The van der Waals surface area contributed by atoms with Crippen molar-refractivity contribution in [1.29, 1.82) is 0 Å². The summed E-state index contributed by atoms with van der Waals surface area (Å²) >= 11 is 0. The van der Waals surface area contributed by atoms with Gasteiger partial charge in [-0.25, -0.2) is 4.85 Å². The van der Waals surface area contributed by atoms with Crippen LogP contribution in [-0.4, -0.2) is 0 Å². The Bertz CT molecular complexity index is 1510. The van der Waals surface area contributed by atoms with Crippen LogP contribution in [0.25, 0.3) is 38.0 Å². The van der Waals surface area contributed by atoms with E-state index < -0.39 is 12.7 Å². The number of benzene rings is 2. The SMILES string of the molecule is [2H]c1c(C)c(C([2H])(C)C([2H])([2H])[2H])c(C)[n+](C)c1-c1c(C)ccc2c1oc1c([N+]#[C-])cc(C)cc12. The van der Waals surface area contributed by atoms with E-state index in [0.717, 1.165) is 27.5 Å². The van der Waals surface area contributed by atoms with Crippen molar-refractivity contribution in [2.24, 2.45) is 7.05 Å². The second kappa shape index (κ2) is 6.74. The molecule has 0 saturated carbocycles. The van der Waals surface area contributed by atoms with Crippen LogP contribution in [0.4, 0.5) is 5.69 Å². The quantitative estimate of drug-likeness (QED) is 0.268. The summed E-state index contributed by atoms with van der Waals surface area (Å²) in [4.78, 5) is 3.64. The molecule has 0 aliphatic carbocycles. The van der Waals surface area contributed by atoms with Crippen molar-refractivity contribution in [3.8, 4) is 11.3 Å². The fraction of sp³-hybridized carbons (Fsp3) is 0.308. The summed E-state index contributed by atoms with van der Waals surface area (Å²) in [5, 5.41) is 1.71. The van der Waals surface area contributed by atoms with E-state index in [9.17, 15) is 0 Å². The van der Waals surface area contributed by atoms with Crippen LogP contribution in [0.2, 0.25) is 0 Å². The van der Waals surface area contributed by atoms with Crippen molar-refractivity contribution in [1.82, 2.24) is 0 Å². The van der Waals surface area contributed by atoms with E-state index in [4.69, 9.17) is 17.8 Å². The van der Waals surface area contributed by atoms with Crippen LogP contribution in [0, 0.1) is 34.3 Å². The van der Waals surface area contributed by atoms with Crippen molar-refractivity contribution < 1.29 is 15.8 Å². The van der Waals surface area contributed by atoms with Crippen molar-refractivity contribution in [2.75, 3.05) is 0 Å². The Balaban J connectivity index is 2.15. The van der Waals surface area contributed by atoms with Gasteiger partial charge in [-0.2, -0.15) is 4.57 Å². The molecule has 0 aliphatic rings. The molecule has 2 aromatic heterocycles. The predicted octanol–water partition coefficient (Wildman–Crippen LogP) is 6.99. The molecule has 29 heavy (non-hydrogen) atoms. The van der Waals surface area contributed by atoms with Crippen molar-refractivity contribution in [3.05, 3.63) is 69.7 Å². The first kappa shape index (κ1) is 14.0. The minimum Gasteiger partial charge on any atom is -0.466 e. The average Bonchev–Trinajstić information content (AvgIpc) is 3.10. The highest BCUT2D eigenvalue weighted by molar-refractivity contribution is 6.13. The Labute approximate surface area is 179 Å². The summed E-state index contributed by atoms with van der Waals surface area (Å²) in [7, 11) is 1.79. The van der Waals surface area contributed by atoms with Gasteiger partial charge in [0.15, 0.2) is 5.69 Å². The smallest absolute Gasteiger partial charge is 0.229 e. The molecule has 0 N–H and O–H groups in total. The predicted molar refractivity (Wildman–Crippen MR) is 120 cm³/mol. The van der Waals surface area contributed by atoms with E-state index in [1.165, 1.54) is 6.92 Å². The van der Waals surface area contributed by atoms with E-state index in [0.29, 0.717) is 39.4 Å². The molecular formula is C26H27N2O+. The number of furan rings is 1. The molecule has 0 amide bonds. The fourth-order valence-electron chi connectivity index (χ4n) is 4.25. The monoisotopic (exact) mass is 388 g/mol. The van der Waals surface area contributed by atoms with E-state index in [-0.39, 0.29) is 6.04 Å². The van der Waals surface area contributed by atoms with Gasteiger partial charge in [0, 0.05) is 34.8 Å². The van der Waals surface area contributed by atoms with Gasteiger partial charge in [0.2, 0.25) is 11.4 Å². The molecule has 0 saturated heterocycles. The maximum atomic E-state index is 9.04. The van der Waals surface area contributed by atoms with Crippen LogP contribution in [0.1, 0.15) is 54.5 Å². The zero-order valence-electron chi connectivity index (χ0n) is 22.6. The van der Waals surface area contributed by atoms with Crippen LogP contribution in [-0.2, 0) is 7.05 Å². The maximum Gasteiger partial charge on any atom is 0.229 e. The lowest BCUT2D eigenvalue weighted by Crippen LogP contribution is -2.37. The minimum absolute atomic E-state index is 0.156. The zero-order chi connectivity index (χ0) is 25.3. The van der Waals surface area contributed by atoms with E-state index in [1.807, 2.05) is 32.0 Å². The van der Waals surface area contributed by atoms with Gasteiger partial charge in [0.1, 0.15) is 18.2 Å². The lowest BCUT2D eigenvalue weighted by atomic mass is 9.93. The molecule has 3 heteroatoms. The van der Waals surface area contributed by atoms with E-state index in [1.54, 1.807) is 31.5 Å². The number of rotatable bonds is 2. The number of pyridine rings is 1. The highest BCUT2D eigenvalue weighted by atomic mass is 16.3. The number of nitrogens with zero attached hydrogens (tertiary/aromatic N) is 2. The molecule has 0 bridgehead atoms. The third-order valence-electron chi connectivity index (χ3n) is 5.69. The van der Waals surface area contributed by atoms with Gasteiger partial charge >= 0.3 is 0 Å². The van der Waals surface area contributed by atoms with Crippen molar-refractivity contribution in [3.63, 3.8) is 0 Å². The number of aromatic nitrogens is 1. The Morgan fingerprint density at radius 1 is 1.14 bits per heavy atom. The van der Waals surface area contributed by atoms with Gasteiger partial charge in [0.25, 0.3) is 0 Å². The molecule has 4 aromatic rings. The Morgan fingerprint density at radius 3 is 2.59 bits per heavy atom. The molecule has 0 fully saturated rings. The number of aryl methyl sites for hydroxylation is 2. The summed E-state index contributed by atoms with van der Waals surface area (Å²) < 4.78 is 49.6. The fourth-order valence-corrected chi connectivity index (χ4v) is 4.25. The van der Waals surface area contributed by atoms with Crippen molar-refractivity contribution in [2.45, 2.75) is 47.4 Å². The number of hydrogen-bond acceptors (Lipinski definition) is 1. The van der Waals surface area contributed by atoms with Gasteiger partial charge in [-0.05, 0) is 43.9 Å². The summed E-state index contributed by atoms with van der Waals surface area (Å²) in [6.45, 7) is 13.8. The highest BCUT2D eigenvalue weighted by Crippen LogP contribution is 2.41. The molecular weight excluding hydrogens is 356 g/mol. The van der Waals surface area contributed by atoms with Gasteiger partial charge in [-0.3, -0.25) is 0 Å². The number of hydrogen-bond donors (Lipinski definition) is 0. The first-order chi connectivity index (χ1) is 15.7. The van der Waals surface area contributed by atoms with Crippen LogP contribution in [0.15, 0.2) is 34.7 Å². The molecule has 2 aromatic carbocycles. The van der Waals surface area contributed by atoms with Crippen LogP contribution >= 0.6 is 0 Å². The zero-order valence-corrected chi connectivity index (χ0v) is 17.6. The highest BCUT2D eigenvalue weighted by Gasteiger charge is 2.25. The average molecular weight is 389 g/mol. The van der Waals surface area contributed by atoms with Crippen LogP contribution in [0.3, 0.4) is 0 Å². The molecule has 3 nitrogen and oxygen atoms in total. The lowest BCUT2D eigenvalue weighted by Gasteiger charge is -2.15.